The van der Waals surface area contributed by atoms with Crippen molar-refractivity contribution >= 4 is 49.8 Å². The fourth-order valence-corrected chi connectivity index (χ4v) is 8.51. The van der Waals surface area contributed by atoms with Crippen LogP contribution in [0.4, 0.5) is 17.1 Å². The number of rotatable bonds is 6. The van der Waals surface area contributed by atoms with Gasteiger partial charge in [0, 0.05) is 39.3 Å². The van der Waals surface area contributed by atoms with Crippen LogP contribution in [0.3, 0.4) is 0 Å². The molecular formula is C48H41NO. The van der Waals surface area contributed by atoms with Crippen molar-refractivity contribution < 1.29 is 4.42 Å². The molecule has 0 atom stereocenters. The Labute approximate surface area is 294 Å². The van der Waals surface area contributed by atoms with Crippen LogP contribution in [0.2, 0.25) is 0 Å². The summed E-state index contributed by atoms with van der Waals surface area (Å²) in [5.41, 5.74) is 10.5. The Morgan fingerprint density at radius 3 is 1.78 bits per heavy atom. The lowest BCUT2D eigenvalue weighted by atomic mass is 9.67. The van der Waals surface area contributed by atoms with E-state index in [4.69, 9.17) is 4.42 Å². The SMILES string of the molecule is c1ccc(C2(c3ccc(N(c4ccc(-c5cccc6ccccc56)cc4)c4ccc5c(c4)oc4ccccc45)cc3)CCCCCCC2)cc1. The van der Waals surface area contributed by atoms with Crippen LogP contribution in [0.15, 0.2) is 168 Å². The van der Waals surface area contributed by atoms with Crippen LogP contribution in [-0.2, 0) is 5.41 Å². The predicted molar refractivity (Wildman–Crippen MR) is 211 cm³/mol. The Bertz CT molecular complexity index is 2390. The molecule has 1 fully saturated rings. The van der Waals surface area contributed by atoms with E-state index in [1.807, 2.05) is 6.07 Å². The number of hydrogen-bond donors (Lipinski definition) is 0. The molecule has 0 saturated heterocycles. The average Bonchev–Trinajstić information content (AvgIpc) is 3.54. The van der Waals surface area contributed by atoms with Crippen LogP contribution < -0.4 is 4.90 Å². The molecule has 0 N–H and O–H groups in total. The van der Waals surface area contributed by atoms with Gasteiger partial charge in [0.1, 0.15) is 11.2 Å². The predicted octanol–water partition coefficient (Wildman–Crippen LogP) is 13.9. The first-order valence-electron chi connectivity index (χ1n) is 18.2. The van der Waals surface area contributed by atoms with Crippen LogP contribution in [-0.4, -0.2) is 0 Å². The molecule has 2 nitrogen and oxygen atoms in total. The van der Waals surface area contributed by atoms with Gasteiger partial charge in [0.05, 0.1) is 0 Å². The van der Waals surface area contributed by atoms with Crippen LogP contribution in [0, 0.1) is 0 Å². The highest BCUT2D eigenvalue weighted by Gasteiger charge is 2.34. The maximum absolute atomic E-state index is 6.39. The van der Waals surface area contributed by atoms with Gasteiger partial charge >= 0.3 is 0 Å². The number of anilines is 3. The minimum Gasteiger partial charge on any atom is -0.456 e. The summed E-state index contributed by atoms with van der Waals surface area (Å²) in [6.07, 6.45) is 8.91. The van der Waals surface area contributed by atoms with Crippen LogP contribution in [0.25, 0.3) is 43.8 Å². The molecule has 244 valence electrons. The maximum Gasteiger partial charge on any atom is 0.137 e. The first kappa shape index (κ1) is 30.5. The third-order valence-corrected chi connectivity index (χ3v) is 11.1. The zero-order chi connectivity index (χ0) is 33.3. The van der Waals surface area contributed by atoms with Crippen LogP contribution in [0.1, 0.15) is 56.1 Å². The van der Waals surface area contributed by atoms with Gasteiger partial charge in [-0.1, -0.05) is 147 Å². The molecule has 2 heteroatoms. The van der Waals surface area contributed by atoms with E-state index in [-0.39, 0.29) is 5.41 Å². The quantitative estimate of drug-likeness (QED) is 0.179. The summed E-state index contributed by atoms with van der Waals surface area (Å²) in [4.78, 5) is 2.37. The zero-order valence-corrected chi connectivity index (χ0v) is 28.4. The molecule has 0 spiro atoms. The van der Waals surface area contributed by atoms with Gasteiger partial charge in [0.2, 0.25) is 0 Å². The second-order valence-corrected chi connectivity index (χ2v) is 14.0. The smallest absolute Gasteiger partial charge is 0.137 e. The van der Waals surface area contributed by atoms with Gasteiger partial charge in [0.15, 0.2) is 0 Å². The highest BCUT2D eigenvalue weighted by atomic mass is 16.3. The maximum atomic E-state index is 6.39. The van der Waals surface area contributed by atoms with Gasteiger partial charge in [-0.15, -0.1) is 0 Å². The first-order valence-corrected chi connectivity index (χ1v) is 18.2. The lowest BCUT2D eigenvalue weighted by Gasteiger charge is -2.37. The van der Waals surface area contributed by atoms with E-state index in [9.17, 15) is 0 Å². The van der Waals surface area contributed by atoms with Crippen molar-refractivity contribution in [2.75, 3.05) is 4.90 Å². The number of nitrogens with zero attached hydrogens (tertiary/aromatic N) is 1. The van der Waals surface area contributed by atoms with Crippen molar-refractivity contribution in [3.63, 3.8) is 0 Å². The molecule has 0 bridgehead atoms. The molecular weight excluding hydrogens is 607 g/mol. The molecule has 1 aliphatic rings. The Morgan fingerprint density at radius 2 is 1.00 bits per heavy atom. The number of benzene rings is 7. The molecule has 0 unspecified atom stereocenters. The first-order chi connectivity index (χ1) is 24.8. The lowest BCUT2D eigenvalue weighted by Crippen LogP contribution is -2.29. The minimum absolute atomic E-state index is 0.0400. The van der Waals surface area contributed by atoms with Gasteiger partial charge in [-0.25, -0.2) is 0 Å². The molecule has 0 radical (unpaired) electrons. The fraction of sp³-hybridized carbons (Fsp3) is 0.167. The number of furan rings is 1. The monoisotopic (exact) mass is 647 g/mol. The molecule has 7 aromatic carbocycles. The number of hydrogen-bond acceptors (Lipinski definition) is 2. The third-order valence-electron chi connectivity index (χ3n) is 11.1. The highest BCUT2D eigenvalue weighted by Crippen LogP contribution is 2.45. The van der Waals surface area contributed by atoms with E-state index in [1.165, 1.54) is 78.0 Å². The standard InChI is InChI=1S/C48H41NO/c1-2-11-32-48(33-12-3-1,37-16-5-4-6-17-37)38-24-28-40(29-25-38)49(41-30-31-45-44-19-9-10-21-46(44)50-47(45)34-41)39-26-22-36(23-27-39)43-20-13-15-35-14-7-8-18-42(35)43/h4-10,13-31,34H,1-3,11-12,32-33H2. The Morgan fingerprint density at radius 1 is 0.420 bits per heavy atom. The van der Waals surface area contributed by atoms with Gasteiger partial charge in [-0.2, -0.15) is 0 Å². The largest absolute Gasteiger partial charge is 0.456 e. The van der Waals surface area contributed by atoms with Crippen molar-refractivity contribution in [3.8, 4) is 11.1 Å². The summed E-state index contributed by atoms with van der Waals surface area (Å²) >= 11 is 0. The molecule has 9 rings (SSSR count). The Hall–Kier alpha value is -5.60. The molecule has 1 aliphatic carbocycles. The number of fused-ring (bicyclic) bond motifs is 4. The van der Waals surface area contributed by atoms with E-state index < -0.39 is 0 Å². The van der Waals surface area contributed by atoms with Crippen LogP contribution in [0.5, 0.6) is 0 Å². The van der Waals surface area contributed by atoms with E-state index in [1.54, 1.807) is 0 Å². The van der Waals surface area contributed by atoms with Crippen LogP contribution >= 0.6 is 0 Å². The Balaban J connectivity index is 1.15. The molecule has 50 heavy (non-hydrogen) atoms. The molecule has 0 aliphatic heterocycles. The summed E-state index contributed by atoms with van der Waals surface area (Å²) in [5.74, 6) is 0. The summed E-state index contributed by atoms with van der Waals surface area (Å²) in [6.45, 7) is 0. The Kier molecular flexibility index (Phi) is 7.93. The normalized spacial score (nSPS) is 14.8. The summed E-state index contributed by atoms with van der Waals surface area (Å²) in [6, 6.07) is 59.9. The molecule has 0 amide bonds. The third kappa shape index (κ3) is 5.46. The van der Waals surface area contributed by atoms with Gasteiger partial charge in [-0.05, 0) is 88.3 Å². The molecule has 1 heterocycles. The molecule has 8 aromatic rings. The topological polar surface area (TPSA) is 16.4 Å². The van der Waals surface area contributed by atoms with Gasteiger partial charge < -0.3 is 9.32 Å². The lowest BCUT2D eigenvalue weighted by molar-refractivity contribution is 0.366. The highest BCUT2D eigenvalue weighted by molar-refractivity contribution is 6.06. The number of para-hydroxylation sites is 1. The van der Waals surface area contributed by atoms with Crippen molar-refractivity contribution in [1.29, 1.82) is 0 Å². The summed E-state index contributed by atoms with van der Waals surface area (Å²) in [5, 5.41) is 4.81. The van der Waals surface area contributed by atoms with E-state index >= 15 is 0 Å². The zero-order valence-electron chi connectivity index (χ0n) is 28.4. The molecule has 1 saturated carbocycles. The van der Waals surface area contributed by atoms with E-state index in [0.29, 0.717) is 0 Å². The average molecular weight is 648 g/mol. The van der Waals surface area contributed by atoms with E-state index in [0.717, 1.165) is 39.0 Å². The van der Waals surface area contributed by atoms with Crippen molar-refractivity contribution in [3.05, 3.63) is 175 Å². The van der Waals surface area contributed by atoms with Gasteiger partial charge in [0.25, 0.3) is 0 Å². The minimum atomic E-state index is 0.0400. The second-order valence-electron chi connectivity index (χ2n) is 14.0. The summed E-state index contributed by atoms with van der Waals surface area (Å²) in [7, 11) is 0. The van der Waals surface area contributed by atoms with Crippen molar-refractivity contribution in [1.82, 2.24) is 0 Å². The van der Waals surface area contributed by atoms with E-state index in [2.05, 4.69) is 163 Å². The van der Waals surface area contributed by atoms with Gasteiger partial charge in [-0.3, -0.25) is 0 Å². The van der Waals surface area contributed by atoms with Crippen molar-refractivity contribution in [2.45, 2.75) is 50.4 Å². The fourth-order valence-electron chi connectivity index (χ4n) is 8.51. The summed E-state index contributed by atoms with van der Waals surface area (Å²) < 4.78 is 6.39. The molecule has 1 aromatic heterocycles. The second kappa shape index (κ2) is 13.0. The van der Waals surface area contributed by atoms with Crippen molar-refractivity contribution in [2.24, 2.45) is 0 Å².